The molecule has 0 radical (unpaired) electrons. The fourth-order valence-electron chi connectivity index (χ4n) is 2.84. The van der Waals surface area contributed by atoms with Crippen LogP contribution in [0.5, 0.6) is 0 Å². The minimum atomic E-state index is 0.787. The second kappa shape index (κ2) is 6.87. The Balaban J connectivity index is 1.69. The smallest absolute Gasteiger partial charge is 0.0218 e. The van der Waals surface area contributed by atoms with E-state index in [0.717, 1.165) is 12.1 Å². The summed E-state index contributed by atoms with van der Waals surface area (Å²) in [7, 11) is 0. The summed E-state index contributed by atoms with van der Waals surface area (Å²) in [6, 6.07) is 1.57. The zero-order valence-corrected chi connectivity index (χ0v) is 11.4. The Morgan fingerprint density at radius 1 is 1.31 bits per heavy atom. The minimum Gasteiger partial charge on any atom is -0.312 e. The van der Waals surface area contributed by atoms with Crippen LogP contribution in [0.15, 0.2) is 0 Å². The fourth-order valence-corrected chi connectivity index (χ4v) is 3.95. The van der Waals surface area contributed by atoms with Gasteiger partial charge >= 0.3 is 0 Å². The Kier molecular flexibility index (Phi) is 5.46. The number of thioether (sulfide) groups is 1. The Labute approximate surface area is 105 Å². The molecule has 3 heteroatoms. The van der Waals surface area contributed by atoms with E-state index in [0.29, 0.717) is 0 Å². The van der Waals surface area contributed by atoms with Crippen LogP contribution in [0.1, 0.15) is 39.0 Å². The topological polar surface area (TPSA) is 15.3 Å². The third-order valence-corrected chi connectivity index (χ3v) is 5.15. The molecule has 2 unspecified atom stereocenters. The fraction of sp³-hybridized carbons (Fsp3) is 1.00. The van der Waals surface area contributed by atoms with Gasteiger partial charge in [0.25, 0.3) is 0 Å². The number of hydrogen-bond acceptors (Lipinski definition) is 3. The molecule has 2 saturated heterocycles. The third kappa shape index (κ3) is 3.64. The van der Waals surface area contributed by atoms with Gasteiger partial charge < -0.3 is 5.32 Å². The molecule has 0 aromatic rings. The molecular formula is C13H26N2S. The van der Waals surface area contributed by atoms with Crippen molar-refractivity contribution in [1.82, 2.24) is 10.2 Å². The molecule has 1 N–H and O–H groups in total. The van der Waals surface area contributed by atoms with Crippen LogP contribution in [0.25, 0.3) is 0 Å². The van der Waals surface area contributed by atoms with Gasteiger partial charge in [-0.1, -0.05) is 6.92 Å². The number of hydrogen-bond donors (Lipinski definition) is 1. The summed E-state index contributed by atoms with van der Waals surface area (Å²) < 4.78 is 0. The Morgan fingerprint density at radius 2 is 2.12 bits per heavy atom. The molecule has 94 valence electrons. The molecule has 2 rings (SSSR count). The second-order valence-corrected chi connectivity index (χ2v) is 6.28. The first kappa shape index (κ1) is 12.7. The van der Waals surface area contributed by atoms with E-state index >= 15 is 0 Å². The van der Waals surface area contributed by atoms with E-state index in [-0.39, 0.29) is 0 Å². The Bertz CT molecular complexity index is 186. The molecule has 0 aromatic heterocycles. The van der Waals surface area contributed by atoms with Crippen molar-refractivity contribution in [3.05, 3.63) is 0 Å². The molecule has 2 heterocycles. The Hall–Kier alpha value is 0.270. The van der Waals surface area contributed by atoms with Crippen molar-refractivity contribution in [3.8, 4) is 0 Å². The summed E-state index contributed by atoms with van der Waals surface area (Å²) in [6.07, 6.45) is 6.92. The first-order chi connectivity index (χ1) is 7.90. The number of nitrogens with one attached hydrogen (secondary N) is 1. The second-order valence-electron chi connectivity index (χ2n) is 5.13. The predicted octanol–water partition coefficient (Wildman–Crippen LogP) is 2.35. The third-order valence-electron chi connectivity index (χ3n) is 3.93. The van der Waals surface area contributed by atoms with Crippen LogP contribution in [0.3, 0.4) is 0 Å². The lowest BCUT2D eigenvalue weighted by molar-refractivity contribution is 0.224. The molecule has 2 aliphatic heterocycles. The zero-order chi connectivity index (χ0) is 11.2. The molecule has 2 fully saturated rings. The highest BCUT2D eigenvalue weighted by Gasteiger charge is 2.21. The van der Waals surface area contributed by atoms with Crippen LogP contribution in [-0.2, 0) is 0 Å². The summed E-state index contributed by atoms with van der Waals surface area (Å²) in [5.41, 5.74) is 0. The van der Waals surface area contributed by atoms with Crippen molar-refractivity contribution in [3.63, 3.8) is 0 Å². The lowest BCUT2D eigenvalue weighted by Gasteiger charge is -2.30. The van der Waals surface area contributed by atoms with Crippen molar-refractivity contribution in [1.29, 1.82) is 0 Å². The maximum atomic E-state index is 3.79. The van der Waals surface area contributed by atoms with Gasteiger partial charge in [-0.15, -0.1) is 0 Å². The van der Waals surface area contributed by atoms with Crippen LogP contribution >= 0.6 is 11.8 Å². The molecule has 0 amide bonds. The van der Waals surface area contributed by atoms with Crippen molar-refractivity contribution in [2.24, 2.45) is 0 Å². The molecule has 2 nitrogen and oxygen atoms in total. The van der Waals surface area contributed by atoms with Crippen molar-refractivity contribution < 1.29 is 0 Å². The van der Waals surface area contributed by atoms with E-state index in [1.807, 2.05) is 0 Å². The van der Waals surface area contributed by atoms with Gasteiger partial charge in [0.05, 0.1) is 0 Å². The first-order valence-electron chi connectivity index (χ1n) is 6.95. The molecule has 0 aromatic carbocycles. The predicted molar refractivity (Wildman–Crippen MR) is 73.2 cm³/mol. The van der Waals surface area contributed by atoms with E-state index in [2.05, 4.69) is 28.9 Å². The quantitative estimate of drug-likeness (QED) is 0.797. The van der Waals surface area contributed by atoms with Gasteiger partial charge in [0.15, 0.2) is 0 Å². The lowest BCUT2D eigenvalue weighted by atomic mass is 10.1. The largest absolute Gasteiger partial charge is 0.312 e. The summed E-state index contributed by atoms with van der Waals surface area (Å²) in [6.45, 7) is 6.21. The summed E-state index contributed by atoms with van der Waals surface area (Å²) >= 11 is 2.12. The zero-order valence-electron chi connectivity index (χ0n) is 10.6. The van der Waals surface area contributed by atoms with Crippen LogP contribution < -0.4 is 5.32 Å². The average Bonchev–Trinajstić information content (AvgIpc) is 2.85. The SMILES string of the molecule is CCC(CNC1CCCSC1)N1CCCC1. The monoisotopic (exact) mass is 242 g/mol. The lowest BCUT2D eigenvalue weighted by Crippen LogP contribution is -2.45. The summed E-state index contributed by atoms with van der Waals surface area (Å²) in [5.74, 6) is 2.71. The average molecular weight is 242 g/mol. The van der Waals surface area contributed by atoms with Crippen LogP contribution in [0, 0.1) is 0 Å². The van der Waals surface area contributed by atoms with E-state index in [9.17, 15) is 0 Å². The van der Waals surface area contributed by atoms with Crippen LogP contribution in [0.2, 0.25) is 0 Å². The van der Waals surface area contributed by atoms with Crippen molar-refractivity contribution in [2.75, 3.05) is 31.1 Å². The highest BCUT2D eigenvalue weighted by molar-refractivity contribution is 7.99. The first-order valence-corrected chi connectivity index (χ1v) is 8.11. The summed E-state index contributed by atoms with van der Waals surface area (Å²) in [5, 5.41) is 3.79. The molecule has 0 bridgehead atoms. The highest BCUT2D eigenvalue weighted by atomic mass is 32.2. The van der Waals surface area contributed by atoms with Gasteiger partial charge in [0.2, 0.25) is 0 Å². The minimum absolute atomic E-state index is 0.787. The Morgan fingerprint density at radius 3 is 2.75 bits per heavy atom. The van der Waals surface area contributed by atoms with Gasteiger partial charge in [0.1, 0.15) is 0 Å². The number of likely N-dealkylation sites (tertiary alicyclic amines) is 1. The molecule has 2 atom stereocenters. The summed E-state index contributed by atoms with van der Waals surface area (Å²) in [4.78, 5) is 2.68. The number of rotatable bonds is 5. The van der Waals surface area contributed by atoms with Crippen molar-refractivity contribution >= 4 is 11.8 Å². The van der Waals surface area contributed by atoms with Gasteiger partial charge in [0, 0.05) is 24.4 Å². The van der Waals surface area contributed by atoms with E-state index in [1.54, 1.807) is 0 Å². The normalized spacial score (nSPS) is 29.4. The van der Waals surface area contributed by atoms with E-state index in [1.165, 1.54) is 63.2 Å². The van der Waals surface area contributed by atoms with Crippen LogP contribution in [0.4, 0.5) is 0 Å². The van der Waals surface area contributed by atoms with E-state index < -0.39 is 0 Å². The van der Waals surface area contributed by atoms with Gasteiger partial charge in [-0.2, -0.15) is 11.8 Å². The molecule has 16 heavy (non-hydrogen) atoms. The highest BCUT2D eigenvalue weighted by Crippen LogP contribution is 2.18. The van der Waals surface area contributed by atoms with Gasteiger partial charge in [-0.3, -0.25) is 4.90 Å². The van der Waals surface area contributed by atoms with Crippen LogP contribution in [-0.4, -0.2) is 48.1 Å². The molecule has 0 spiro atoms. The molecule has 0 saturated carbocycles. The maximum absolute atomic E-state index is 3.79. The number of nitrogens with zero attached hydrogens (tertiary/aromatic N) is 1. The molecule has 0 aliphatic carbocycles. The molecule has 2 aliphatic rings. The van der Waals surface area contributed by atoms with Gasteiger partial charge in [-0.05, 0) is 50.9 Å². The molecular weight excluding hydrogens is 216 g/mol. The van der Waals surface area contributed by atoms with Crippen molar-refractivity contribution in [2.45, 2.75) is 51.1 Å². The standard InChI is InChI=1S/C13H26N2S/c1-2-13(15-7-3-4-8-15)10-14-12-6-5-9-16-11-12/h12-14H,2-11H2,1H3. The van der Waals surface area contributed by atoms with E-state index in [4.69, 9.17) is 0 Å². The van der Waals surface area contributed by atoms with Gasteiger partial charge in [-0.25, -0.2) is 0 Å². The maximum Gasteiger partial charge on any atom is 0.0218 e.